The van der Waals surface area contributed by atoms with Crippen LogP contribution in [0.2, 0.25) is 0 Å². The maximum Gasteiger partial charge on any atom is 0.123 e. The minimum atomic E-state index is 0.620. The van der Waals surface area contributed by atoms with Crippen LogP contribution >= 0.6 is 0 Å². The molecule has 0 fully saturated rings. The van der Waals surface area contributed by atoms with Gasteiger partial charge in [-0.15, -0.1) is 0 Å². The van der Waals surface area contributed by atoms with E-state index in [2.05, 4.69) is 19.2 Å². The third-order valence-electron chi connectivity index (χ3n) is 1.98. The smallest absolute Gasteiger partial charge is 0.123 e. The zero-order valence-corrected chi connectivity index (χ0v) is 9.17. The molecular weight excluding hydrogens is 178 g/mol. The lowest BCUT2D eigenvalue weighted by Gasteiger charge is -2.06. The number of ether oxygens (including phenoxy) is 1. The topological polar surface area (TPSA) is 34.4 Å². The number of nitrogens with one attached hydrogen (secondary N) is 1. The van der Waals surface area contributed by atoms with Gasteiger partial charge in [0.1, 0.15) is 5.76 Å². The summed E-state index contributed by atoms with van der Waals surface area (Å²) >= 11 is 0. The number of furan rings is 1. The highest BCUT2D eigenvalue weighted by atomic mass is 16.5. The standard InChI is InChI=1S/C11H19NO2/c1-9(2)6-12-7-11-10(8-13-3)4-5-14-11/h4-5,9,12H,6-8H2,1-3H3. The van der Waals surface area contributed by atoms with Gasteiger partial charge in [-0.05, 0) is 18.5 Å². The van der Waals surface area contributed by atoms with Crippen LogP contribution in [0.5, 0.6) is 0 Å². The number of hydrogen-bond donors (Lipinski definition) is 1. The van der Waals surface area contributed by atoms with Crippen molar-refractivity contribution in [2.45, 2.75) is 27.0 Å². The second-order valence-corrected chi connectivity index (χ2v) is 3.83. The Morgan fingerprint density at radius 1 is 1.50 bits per heavy atom. The molecule has 3 nitrogen and oxygen atoms in total. The molecule has 0 spiro atoms. The Labute approximate surface area is 85.4 Å². The quantitative estimate of drug-likeness (QED) is 0.759. The molecule has 0 aromatic carbocycles. The van der Waals surface area contributed by atoms with E-state index in [-0.39, 0.29) is 0 Å². The average molecular weight is 197 g/mol. The monoisotopic (exact) mass is 197 g/mol. The van der Waals surface area contributed by atoms with Crippen molar-refractivity contribution in [3.8, 4) is 0 Å². The summed E-state index contributed by atoms with van der Waals surface area (Å²) in [4.78, 5) is 0. The normalized spacial score (nSPS) is 11.1. The Morgan fingerprint density at radius 3 is 2.93 bits per heavy atom. The van der Waals surface area contributed by atoms with E-state index < -0.39 is 0 Å². The van der Waals surface area contributed by atoms with Crippen molar-refractivity contribution in [3.05, 3.63) is 23.7 Å². The SMILES string of the molecule is COCc1ccoc1CNCC(C)C. The molecule has 0 radical (unpaired) electrons. The summed E-state index contributed by atoms with van der Waals surface area (Å²) in [7, 11) is 1.69. The molecule has 0 atom stereocenters. The maximum absolute atomic E-state index is 5.36. The largest absolute Gasteiger partial charge is 0.468 e. The van der Waals surface area contributed by atoms with Gasteiger partial charge in [0.15, 0.2) is 0 Å². The van der Waals surface area contributed by atoms with Crippen molar-refractivity contribution >= 4 is 0 Å². The molecule has 0 aliphatic rings. The Hall–Kier alpha value is -0.800. The minimum absolute atomic E-state index is 0.620. The molecule has 1 aromatic rings. The summed E-state index contributed by atoms with van der Waals surface area (Å²) in [6.07, 6.45) is 1.71. The number of methoxy groups -OCH3 is 1. The molecule has 0 aliphatic heterocycles. The molecule has 1 aromatic heterocycles. The Morgan fingerprint density at radius 2 is 2.29 bits per heavy atom. The predicted molar refractivity (Wildman–Crippen MR) is 56.0 cm³/mol. The van der Waals surface area contributed by atoms with E-state index >= 15 is 0 Å². The fourth-order valence-electron chi connectivity index (χ4n) is 1.28. The first kappa shape index (κ1) is 11.3. The fourth-order valence-corrected chi connectivity index (χ4v) is 1.28. The van der Waals surface area contributed by atoms with Gasteiger partial charge in [0.2, 0.25) is 0 Å². The highest BCUT2D eigenvalue weighted by Crippen LogP contribution is 2.11. The molecule has 0 saturated carbocycles. The number of hydrogen-bond acceptors (Lipinski definition) is 3. The molecule has 0 amide bonds. The molecular formula is C11H19NO2. The van der Waals surface area contributed by atoms with Crippen molar-refractivity contribution in [3.63, 3.8) is 0 Å². The minimum Gasteiger partial charge on any atom is -0.468 e. The fraction of sp³-hybridized carbons (Fsp3) is 0.636. The summed E-state index contributed by atoms with van der Waals surface area (Å²) in [5.74, 6) is 1.64. The van der Waals surface area contributed by atoms with Crippen LogP contribution in [0.25, 0.3) is 0 Å². The van der Waals surface area contributed by atoms with Gasteiger partial charge in [-0.3, -0.25) is 0 Å². The Kier molecular flexibility index (Phi) is 4.70. The van der Waals surface area contributed by atoms with E-state index in [9.17, 15) is 0 Å². The molecule has 0 aliphatic carbocycles. The highest BCUT2D eigenvalue weighted by molar-refractivity contribution is 5.15. The molecule has 80 valence electrons. The first-order valence-electron chi connectivity index (χ1n) is 4.99. The summed E-state index contributed by atoms with van der Waals surface area (Å²) in [6, 6.07) is 1.95. The highest BCUT2D eigenvalue weighted by Gasteiger charge is 2.05. The van der Waals surface area contributed by atoms with Crippen molar-refractivity contribution in [1.29, 1.82) is 0 Å². The molecule has 14 heavy (non-hydrogen) atoms. The third-order valence-corrected chi connectivity index (χ3v) is 1.98. The van der Waals surface area contributed by atoms with E-state index in [0.717, 1.165) is 24.4 Å². The summed E-state index contributed by atoms with van der Waals surface area (Å²) < 4.78 is 10.4. The molecule has 1 N–H and O–H groups in total. The zero-order chi connectivity index (χ0) is 10.4. The van der Waals surface area contributed by atoms with Gasteiger partial charge < -0.3 is 14.5 Å². The van der Waals surface area contributed by atoms with Crippen LogP contribution in [0, 0.1) is 5.92 Å². The van der Waals surface area contributed by atoms with Crippen molar-refractivity contribution in [1.82, 2.24) is 5.32 Å². The summed E-state index contributed by atoms with van der Waals surface area (Å²) in [5, 5.41) is 3.34. The van der Waals surface area contributed by atoms with E-state index in [1.165, 1.54) is 0 Å². The molecule has 3 heteroatoms. The van der Waals surface area contributed by atoms with E-state index in [0.29, 0.717) is 12.5 Å². The van der Waals surface area contributed by atoms with Crippen molar-refractivity contribution in [2.75, 3.05) is 13.7 Å². The molecule has 1 rings (SSSR count). The summed E-state index contributed by atoms with van der Waals surface area (Å²) in [5.41, 5.74) is 1.13. The summed E-state index contributed by atoms with van der Waals surface area (Å²) in [6.45, 7) is 6.78. The van der Waals surface area contributed by atoms with Crippen LogP contribution in [-0.4, -0.2) is 13.7 Å². The van der Waals surface area contributed by atoms with Crippen LogP contribution in [0.3, 0.4) is 0 Å². The van der Waals surface area contributed by atoms with Crippen LogP contribution in [-0.2, 0) is 17.9 Å². The van der Waals surface area contributed by atoms with Gasteiger partial charge in [-0.2, -0.15) is 0 Å². The lowest BCUT2D eigenvalue weighted by Crippen LogP contribution is -2.19. The van der Waals surface area contributed by atoms with E-state index in [1.807, 2.05) is 6.07 Å². The Bertz CT molecular complexity index is 256. The van der Waals surface area contributed by atoms with Gasteiger partial charge in [0.25, 0.3) is 0 Å². The molecule has 0 bridgehead atoms. The second kappa shape index (κ2) is 5.83. The maximum atomic E-state index is 5.36. The molecule has 0 saturated heterocycles. The first-order valence-corrected chi connectivity index (χ1v) is 4.99. The van der Waals surface area contributed by atoms with Gasteiger partial charge in [0.05, 0.1) is 19.4 Å². The van der Waals surface area contributed by atoms with Crippen LogP contribution in [0.1, 0.15) is 25.2 Å². The van der Waals surface area contributed by atoms with Gasteiger partial charge >= 0.3 is 0 Å². The van der Waals surface area contributed by atoms with E-state index in [1.54, 1.807) is 13.4 Å². The van der Waals surface area contributed by atoms with Crippen LogP contribution in [0.4, 0.5) is 0 Å². The number of rotatable bonds is 6. The average Bonchev–Trinajstić information content (AvgIpc) is 2.53. The lowest BCUT2D eigenvalue weighted by atomic mass is 10.2. The first-order chi connectivity index (χ1) is 6.74. The predicted octanol–water partition coefficient (Wildman–Crippen LogP) is 2.17. The second-order valence-electron chi connectivity index (χ2n) is 3.83. The molecule has 1 heterocycles. The van der Waals surface area contributed by atoms with Crippen molar-refractivity contribution in [2.24, 2.45) is 5.92 Å². The lowest BCUT2D eigenvalue weighted by molar-refractivity contribution is 0.182. The van der Waals surface area contributed by atoms with Crippen LogP contribution < -0.4 is 5.32 Å². The Balaban J connectivity index is 2.37. The van der Waals surface area contributed by atoms with Gasteiger partial charge in [-0.25, -0.2) is 0 Å². The van der Waals surface area contributed by atoms with Crippen LogP contribution in [0.15, 0.2) is 16.7 Å². The third kappa shape index (κ3) is 3.52. The molecule has 0 unspecified atom stereocenters. The van der Waals surface area contributed by atoms with Gasteiger partial charge in [0, 0.05) is 12.7 Å². The van der Waals surface area contributed by atoms with E-state index in [4.69, 9.17) is 9.15 Å². The van der Waals surface area contributed by atoms with Crippen molar-refractivity contribution < 1.29 is 9.15 Å². The van der Waals surface area contributed by atoms with Gasteiger partial charge in [-0.1, -0.05) is 13.8 Å². The zero-order valence-electron chi connectivity index (χ0n) is 9.17.